The maximum absolute atomic E-state index is 10.7. The summed E-state index contributed by atoms with van der Waals surface area (Å²) in [6.45, 7) is 4.16. The molecule has 0 aromatic heterocycles. The van der Waals surface area contributed by atoms with Gasteiger partial charge in [-0.1, -0.05) is 20.3 Å². The minimum absolute atomic E-state index is 0.124. The second-order valence-electron chi connectivity index (χ2n) is 3.87. The molecule has 1 atom stereocenters. The number of nitro groups is 1. The Kier molecular flexibility index (Phi) is 4.28. The summed E-state index contributed by atoms with van der Waals surface area (Å²) in [4.78, 5) is 10.3. The van der Waals surface area contributed by atoms with Crippen LogP contribution in [0.3, 0.4) is 0 Å². The normalized spacial score (nSPS) is 12.2. The van der Waals surface area contributed by atoms with Crippen LogP contribution in [-0.4, -0.2) is 12.0 Å². The molecule has 4 nitrogen and oxygen atoms in total. The number of nitro benzene ring substituents is 1. The molecule has 1 unspecified atom stereocenters. The van der Waals surface area contributed by atoms with E-state index in [-0.39, 0.29) is 16.5 Å². The van der Waals surface area contributed by atoms with Crippen LogP contribution < -0.4 is 4.74 Å². The van der Waals surface area contributed by atoms with Gasteiger partial charge in [0, 0.05) is 17.7 Å². The van der Waals surface area contributed by atoms with Crippen molar-refractivity contribution in [1.29, 1.82) is 0 Å². The number of hydrogen-bond donors (Lipinski definition) is 0. The van der Waals surface area contributed by atoms with Gasteiger partial charge in [-0.25, -0.2) is 0 Å². The monoisotopic (exact) mass is 223 g/mol. The van der Waals surface area contributed by atoms with E-state index in [0.717, 1.165) is 24.2 Å². The Morgan fingerprint density at radius 1 is 1.50 bits per heavy atom. The van der Waals surface area contributed by atoms with Crippen molar-refractivity contribution in [3.63, 3.8) is 0 Å². The van der Waals surface area contributed by atoms with E-state index in [0.29, 0.717) is 0 Å². The van der Waals surface area contributed by atoms with Crippen LogP contribution in [0.15, 0.2) is 18.2 Å². The highest BCUT2D eigenvalue weighted by molar-refractivity contribution is 5.45. The molecule has 88 valence electrons. The fourth-order valence-electron chi connectivity index (χ4n) is 1.81. The van der Waals surface area contributed by atoms with Crippen molar-refractivity contribution >= 4 is 5.69 Å². The molecule has 0 aliphatic heterocycles. The lowest BCUT2D eigenvalue weighted by Crippen LogP contribution is -1.99. The second-order valence-corrected chi connectivity index (χ2v) is 3.87. The third-order valence-corrected chi connectivity index (χ3v) is 2.68. The summed E-state index contributed by atoms with van der Waals surface area (Å²) in [6, 6.07) is 4.75. The van der Waals surface area contributed by atoms with E-state index in [1.807, 2.05) is 0 Å². The van der Waals surface area contributed by atoms with E-state index in [4.69, 9.17) is 4.74 Å². The zero-order chi connectivity index (χ0) is 12.1. The lowest BCUT2D eigenvalue weighted by atomic mass is 9.95. The van der Waals surface area contributed by atoms with Crippen LogP contribution in [0.4, 0.5) is 5.69 Å². The highest BCUT2D eigenvalue weighted by Gasteiger charge is 2.15. The van der Waals surface area contributed by atoms with E-state index in [1.54, 1.807) is 19.2 Å². The number of nitrogens with zero attached hydrogens (tertiary/aromatic N) is 1. The third kappa shape index (κ3) is 2.72. The molecule has 0 amide bonds. The molecule has 1 aromatic rings. The van der Waals surface area contributed by atoms with Gasteiger partial charge in [-0.3, -0.25) is 10.1 Å². The van der Waals surface area contributed by atoms with E-state index in [9.17, 15) is 10.1 Å². The number of methoxy groups -OCH3 is 1. The number of ether oxygens (including phenoxy) is 1. The van der Waals surface area contributed by atoms with Crippen LogP contribution in [0.1, 0.15) is 38.2 Å². The van der Waals surface area contributed by atoms with Gasteiger partial charge >= 0.3 is 0 Å². The lowest BCUT2D eigenvalue weighted by molar-refractivity contribution is -0.385. The molecular weight excluding hydrogens is 206 g/mol. The van der Waals surface area contributed by atoms with Crippen molar-refractivity contribution < 1.29 is 9.66 Å². The average Bonchev–Trinajstić information content (AvgIpc) is 2.28. The Bertz CT molecular complexity index is 377. The molecular formula is C12H17NO3. The van der Waals surface area contributed by atoms with Gasteiger partial charge in [-0.15, -0.1) is 0 Å². The van der Waals surface area contributed by atoms with Crippen molar-refractivity contribution in [3.05, 3.63) is 33.9 Å². The van der Waals surface area contributed by atoms with Crippen LogP contribution in [0.25, 0.3) is 0 Å². The molecule has 0 saturated heterocycles. The largest absolute Gasteiger partial charge is 0.496 e. The summed E-state index contributed by atoms with van der Waals surface area (Å²) in [5.41, 5.74) is 1.04. The SMILES string of the molecule is CCCC(C)c1cc([N+](=O)[O-])ccc1OC. The first kappa shape index (κ1) is 12.5. The minimum atomic E-state index is -0.373. The molecule has 0 N–H and O–H groups in total. The predicted molar refractivity (Wildman–Crippen MR) is 63.0 cm³/mol. The zero-order valence-electron chi connectivity index (χ0n) is 9.90. The van der Waals surface area contributed by atoms with Gasteiger partial charge in [0.1, 0.15) is 5.75 Å². The number of rotatable bonds is 5. The number of benzene rings is 1. The van der Waals surface area contributed by atoms with E-state index >= 15 is 0 Å². The molecule has 0 heterocycles. The van der Waals surface area contributed by atoms with E-state index < -0.39 is 0 Å². The first-order valence-corrected chi connectivity index (χ1v) is 5.42. The highest BCUT2D eigenvalue weighted by Crippen LogP contribution is 2.32. The second kappa shape index (κ2) is 5.49. The number of hydrogen-bond acceptors (Lipinski definition) is 3. The van der Waals surface area contributed by atoms with Gasteiger partial charge in [-0.2, -0.15) is 0 Å². The van der Waals surface area contributed by atoms with Gasteiger partial charge < -0.3 is 4.74 Å². The summed E-state index contributed by atoms with van der Waals surface area (Å²) in [5, 5.41) is 10.7. The third-order valence-electron chi connectivity index (χ3n) is 2.68. The van der Waals surface area contributed by atoms with Gasteiger partial charge in [0.25, 0.3) is 5.69 Å². The first-order chi connectivity index (χ1) is 7.60. The topological polar surface area (TPSA) is 52.4 Å². The maximum atomic E-state index is 10.7. The molecule has 0 aliphatic carbocycles. The smallest absolute Gasteiger partial charge is 0.269 e. The molecule has 16 heavy (non-hydrogen) atoms. The van der Waals surface area contributed by atoms with Crippen LogP contribution in [-0.2, 0) is 0 Å². The van der Waals surface area contributed by atoms with Crippen LogP contribution in [0.5, 0.6) is 5.75 Å². The van der Waals surface area contributed by atoms with Crippen molar-refractivity contribution in [2.75, 3.05) is 7.11 Å². The lowest BCUT2D eigenvalue weighted by Gasteiger charge is -2.14. The summed E-state index contributed by atoms with van der Waals surface area (Å²) in [5.74, 6) is 1.01. The Balaban J connectivity index is 3.11. The Morgan fingerprint density at radius 3 is 2.69 bits per heavy atom. The van der Waals surface area contributed by atoms with Gasteiger partial charge in [0.05, 0.1) is 12.0 Å². The Morgan fingerprint density at radius 2 is 2.19 bits per heavy atom. The molecule has 1 aromatic carbocycles. The van der Waals surface area contributed by atoms with Crippen LogP contribution in [0.2, 0.25) is 0 Å². The molecule has 0 bridgehead atoms. The van der Waals surface area contributed by atoms with Crippen LogP contribution in [0, 0.1) is 10.1 Å². The molecule has 4 heteroatoms. The summed E-state index contributed by atoms with van der Waals surface area (Å²) < 4.78 is 5.22. The summed E-state index contributed by atoms with van der Waals surface area (Å²) in [6.07, 6.45) is 2.05. The zero-order valence-corrected chi connectivity index (χ0v) is 9.90. The van der Waals surface area contributed by atoms with Gasteiger partial charge in [0.15, 0.2) is 0 Å². The molecule has 1 rings (SSSR count). The van der Waals surface area contributed by atoms with E-state index in [1.165, 1.54) is 6.07 Å². The van der Waals surface area contributed by atoms with Crippen molar-refractivity contribution in [2.24, 2.45) is 0 Å². The maximum Gasteiger partial charge on any atom is 0.269 e. The minimum Gasteiger partial charge on any atom is -0.496 e. The Hall–Kier alpha value is -1.58. The fourth-order valence-corrected chi connectivity index (χ4v) is 1.81. The van der Waals surface area contributed by atoms with Crippen molar-refractivity contribution in [1.82, 2.24) is 0 Å². The summed E-state index contributed by atoms with van der Waals surface area (Å²) in [7, 11) is 1.59. The van der Waals surface area contributed by atoms with E-state index in [2.05, 4.69) is 13.8 Å². The molecule has 0 aliphatic rings. The average molecular weight is 223 g/mol. The van der Waals surface area contributed by atoms with Gasteiger partial charge in [0.2, 0.25) is 0 Å². The van der Waals surface area contributed by atoms with Gasteiger partial charge in [-0.05, 0) is 18.4 Å². The Labute approximate surface area is 95.4 Å². The molecule has 0 radical (unpaired) electrons. The first-order valence-electron chi connectivity index (χ1n) is 5.42. The van der Waals surface area contributed by atoms with Crippen molar-refractivity contribution in [2.45, 2.75) is 32.6 Å². The fraction of sp³-hybridized carbons (Fsp3) is 0.500. The number of non-ortho nitro benzene ring substituents is 1. The predicted octanol–water partition coefficient (Wildman–Crippen LogP) is 3.51. The standard InChI is InChI=1S/C12H17NO3/c1-4-5-9(2)11-8-10(13(14)15)6-7-12(11)16-3/h6-9H,4-5H2,1-3H3. The molecule has 0 fully saturated rings. The molecule has 0 spiro atoms. The highest BCUT2D eigenvalue weighted by atomic mass is 16.6. The quantitative estimate of drug-likeness (QED) is 0.567. The summed E-state index contributed by atoms with van der Waals surface area (Å²) >= 11 is 0. The van der Waals surface area contributed by atoms with Crippen LogP contribution >= 0.6 is 0 Å². The molecule has 0 saturated carbocycles. The van der Waals surface area contributed by atoms with Crippen molar-refractivity contribution in [3.8, 4) is 5.75 Å².